The third-order valence-electron chi connectivity index (χ3n) is 10.6. The minimum atomic E-state index is -0.375. The van der Waals surface area contributed by atoms with Crippen molar-refractivity contribution in [1.29, 1.82) is 0 Å². The number of nitrogens with zero attached hydrogens (tertiary/aromatic N) is 3. The lowest BCUT2D eigenvalue weighted by molar-refractivity contribution is 0.655. The first-order chi connectivity index (χ1) is 26.7. The van der Waals surface area contributed by atoms with Gasteiger partial charge in [0.25, 0.3) is 0 Å². The van der Waals surface area contributed by atoms with Gasteiger partial charge in [-0.05, 0) is 64.4 Å². The molecule has 5 heteroatoms. The van der Waals surface area contributed by atoms with Gasteiger partial charge >= 0.3 is 0 Å². The number of fused-ring (bicyclic) bond motifs is 7. The number of rotatable bonds is 5. The first kappa shape index (κ1) is 30.4. The summed E-state index contributed by atoms with van der Waals surface area (Å²) in [6.07, 6.45) is -0.375. The minimum absolute atomic E-state index is 0.375. The van der Waals surface area contributed by atoms with Crippen molar-refractivity contribution in [3.8, 4) is 16.8 Å². The average molecular weight is 693 g/mol. The highest BCUT2D eigenvalue weighted by Gasteiger charge is 2.23. The third kappa shape index (κ3) is 5.01. The number of nitrogens with one attached hydrogen (secondary N) is 1. The van der Waals surface area contributed by atoms with Gasteiger partial charge in [-0.3, -0.25) is 0 Å². The van der Waals surface area contributed by atoms with Crippen LogP contribution in [0.25, 0.3) is 71.3 Å². The molecule has 1 N–H and O–H groups in total. The average Bonchev–Trinajstić information content (AvgIpc) is 3.77. The van der Waals surface area contributed by atoms with Crippen molar-refractivity contribution in [2.75, 3.05) is 0 Å². The Labute approximate surface area is 311 Å². The summed E-state index contributed by atoms with van der Waals surface area (Å²) in [6, 6.07) is 64.1. The molecule has 5 nitrogen and oxygen atoms in total. The molecule has 0 bridgehead atoms. The van der Waals surface area contributed by atoms with E-state index in [1.807, 2.05) is 36.4 Å². The van der Waals surface area contributed by atoms with Crippen molar-refractivity contribution in [2.45, 2.75) is 6.17 Å². The van der Waals surface area contributed by atoms with Crippen molar-refractivity contribution in [2.24, 2.45) is 9.98 Å². The molecule has 0 aliphatic carbocycles. The molecule has 54 heavy (non-hydrogen) atoms. The molecule has 0 spiro atoms. The summed E-state index contributed by atoms with van der Waals surface area (Å²) in [5.74, 6) is 1.45. The van der Waals surface area contributed by atoms with E-state index in [0.717, 1.165) is 61.2 Å². The van der Waals surface area contributed by atoms with Gasteiger partial charge in [-0.2, -0.15) is 0 Å². The van der Waals surface area contributed by atoms with Crippen molar-refractivity contribution in [1.82, 2.24) is 9.88 Å². The highest BCUT2D eigenvalue weighted by molar-refractivity contribution is 6.17. The molecule has 1 aliphatic heterocycles. The van der Waals surface area contributed by atoms with Crippen LogP contribution in [0.1, 0.15) is 22.9 Å². The topological polar surface area (TPSA) is 54.8 Å². The monoisotopic (exact) mass is 692 g/mol. The number of hydrogen-bond acceptors (Lipinski definition) is 4. The molecule has 0 radical (unpaired) electrons. The second-order valence-electron chi connectivity index (χ2n) is 13.9. The lowest BCUT2D eigenvalue weighted by atomic mass is 10.0. The Morgan fingerprint density at radius 1 is 0.463 bits per heavy atom. The van der Waals surface area contributed by atoms with E-state index in [9.17, 15) is 0 Å². The zero-order valence-corrected chi connectivity index (χ0v) is 29.1. The second kappa shape index (κ2) is 12.2. The maximum atomic E-state index is 6.29. The predicted molar refractivity (Wildman–Crippen MR) is 223 cm³/mol. The number of aromatic nitrogens is 1. The smallest absolute Gasteiger partial charge is 0.159 e. The van der Waals surface area contributed by atoms with Gasteiger partial charge < -0.3 is 14.3 Å². The Balaban J connectivity index is 1.09. The van der Waals surface area contributed by atoms with E-state index in [-0.39, 0.29) is 6.17 Å². The molecule has 10 aromatic rings. The number of amidine groups is 2. The Morgan fingerprint density at radius 3 is 2.00 bits per heavy atom. The summed E-state index contributed by atoms with van der Waals surface area (Å²) >= 11 is 0. The first-order valence-corrected chi connectivity index (χ1v) is 18.3. The van der Waals surface area contributed by atoms with E-state index >= 15 is 0 Å². The highest BCUT2D eigenvalue weighted by Crippen LogP contribution is 2.37. The Kier molecular flexibility index (Phi) is 6.85. The van der Waals surface area contributed by atoms with E-state index in [0.29, 0.717) is 5.84 Å². The lowest BCUT2D eigenvalue weighted by Crippen LogP contribution is -2.33. The van der Waals surface area contributed by atoms with Crippen LogP contribution >= 0.6 is 0 Å². The standard InChI is InChI=1S/C49H32N4O/c1-3-12-31(13-4-1)33-18-11-19-38(26-33)53-43-29-36(22-24-39(43)42-27-34-16-7-8-17-35(34)28-44(42)53)48-50-47(32-14-5-2-6-15-32)51-49(52-48)37-23-25-41-40-20-9-10-21-45(40)54-46(41)30-37/h1-30,49H,(H,50,51,52). The molecule has 8 aromatic carbocycles. The maximum Gasteiger partial charge on any atom is 0.159 e. The number of para-hydroxylation sites is 1. The summed E-state index contributed by atoms with van der Waals surface area (Å²) in [6.45, 7) is 0. The zero-order chi connectivity index (χ0) is 35.6. The minimum Gasteiger partial charge on any atom is -0.456 e. The molecule has 0 amide bonds. The summed E-state index contributed by atoms with van der Waals surface area (Å²) in [5.41, 5.74) is 10.4. The van der Waals surface area contributed by atoms with Gasteiger partial charge in [0.1, 0.15) is 23.2 Å². The lowest BCUT2D eigenvalue weighted by Gasteiger charge is -2.24. The van der Waals surface area contributed by atoms with Crippen LogP contribution in [0.3, 0.4) is 0 Å². The van der Waals surface area contributed by atoms with Gasteiger partial charge in [0, 0.05) is 43.9 Å². The van der Waals surface area contributed by atoms with Crippen LogP contribution in [0.5, 0.6) is 0 Å². The molecule has 0 fully saturated rings. The quantitative estimate of drug-likeness (QED) is 0.195. The van der Waals surface area contributed by atoms with Gasteiger partial charge in [0.15, 0.2) is 5.84 Å². The van der Waals surface area contributed by atoms with E-state index in [4.69, 9.17) is 14.4 Å². The number of benzene rings is 8. The van der Waals surface area contributed by atoms with E-state index in [2.05, 4.69) is 155 Å². The van der Waals surface area contributed by atoms with Crippen LogP contribution in [0, 0.1) is 0 Å². The number of hydrogen-bond donors (Lipinski definition) is 1. The van der Waals surface area contributed by atoms with Gasteiger partial charge in [-0.15, -0.1) is 0 Å². The molecular formula is C49H32N4O. The SMILES string of the molecule is c1ccc(C2=NC(c3ccc4c(c3)oc3ccccc34)NC(c3ccc4c5cc6ccccc6cc5n(-c5cccc(-c6ccccc6)c5)c4c3)=N2)cc1. The molecule has 1 aliphatic rings. The zero-order valence-electron chi connectivity index (χ0n) is 29.1. The Hall–Kier alpha value is -7.24. The fourth-order valence-electron chi connectivity index (χ4n) is 7.98. The summed E-state index contributed by atoms with van der Waals surface area (Å²) in [4.78, 5) is 10.3. The first-order valence-electron chi connectivity index (χ1n) is 18.3. The molecule has 11 rings (SSSR count). The van der Waals surface area contributed by atoms with Crippen LogP contribution in [0.4, 0.5) is 0 Å². The largest absolute Gasteiger partial charge is 0.456 e. The van der Waals surface area contributed by atoms with Crippen LogP contribution in [-0.2, 0) is 0 Å². The van der Waals surface area contributed by atoms with Gasteiger partial charge in [0.05, 0.1) is 11.0 Å². The summed E-state index contributed by atoms with van der Waals surface area (Å²) < 4.78 is 8.69. The summed E-state index contributed by atoms with van der Waals surface area (Å²) in [5, 5.41) is 10.7. The van der Waals surface area contributed by atoms with E-state index < -0.39 is 0 Å². The molecule has 0 saturated carbocycles. The van der Waals surface area contributed by atoms with Crippen molar-refractivity contribution in [3.05, 3.63) is 199 Å². The van der Waals surface area contributed by atoms with Crippen molar-refractivity contribution < 1.29 is 4.42 Å². The Morgan fingerprint density at radius 2 is 1.15 bits per heavy atom. The van der Waals surface area contributed by atoms with Crippen molar-refractivity contribution in [3.63, 3.8) is 0 Å². The fourth-order valence-corrected chi connectivity index (χ4v) is 7.98. The van der Waals surface area contributed by atoms with Crippen LogP contribution < -0.4 is 5.32 Å². The number of aliphatic imine (C=N–C) groups is 2. The second-order valence-corrected chi connectivity index (χ2v) is 13.9. The molecule has 0 saturated heterocycles. The summed E-state index contributed by atoms with van der Waals surface area (Å²) in [7, 11) is 0. The third-order valence-corrected chi connectivity index (χ3v) is 10.6. The van der Waals surface area contributed by atoms with Gasteiger partial charge in [-0.25, -0.2) is 9.98 Å². The predicted octanol–water partition coefficient (Wildman–Crippen LogP) is 12.0. The molecule has 2 aromatic heterocycles. The van der Waals surface area contributed by atoms with E-state index in [1.54, 1.807) is 0 Å². The van der Waals surface area contributed by atoms with Crippen LogP contribution in [0.15, 0.2) is 196 Å². The highest BCUT2D eigenvalue weighted by atomic mass is 16.3. The molecular weight excluding hydrogens is 661 g/mol. The van der Waals surface area contributed by atoms with Gasteiger partial charge in [-0.1, -0.05) is 140 Å². The molecule has 254 valence electrons. The van der Waals surface area contributed by atoms with Crippen LogP contribution in [0.2, 0.25) is 0 Å². The molecule has 1 unspecified atom stereocenters. The van der Waals surface area contributed by atoms with Crippen LogP contribution in [-0.4, -0.2) is 16.2 Å². The van der Waals surface area contributed by atoms with E-state index in [1.165, 1.54) is 32.7 Å². The number of furan rings is 1. The fraction of sp³-hybridized carbons (Fsp3) is 0.0204. The van der Waals surface area contributed by atoms with Gasteiger partial charge in [0.2, 0.25) is 0 Å². The Bertz CT molecular complexity index is 3140. The normalized spacial score (nSPS) is 14.5. The molecule has 3 heterocycles. The molecule has 1 atom stereocenters. The maximum absolute atomic E-state index is 6.29. The van der Waals surface area contributed by atoms with Crippen molar-refractivity contribution >= 4 is 66.2 Å².